The Bertz CT molecular complexity index is 345. The smallest absolute Gasteiger partial charge is 0.128 e. The maximum Gasteiger partial charge on any atom is 0.128 e. The number of methoxy groups -OCH3 is 1. The summed E-state index contributed by atoms with van der Waals surface area (Å²) in [5.41, 5.74) is -0.229. The van der Waals surface area contributed by atoms with Crippen molar-refractivity contribution in [1.29, 1.82) is 0 Å². The van der Waals surface area contributed by atoms with Gasteiger partial charge in [-0.2, -0.15) is 0 Å². The van der Waals surface area contributed by atoms with Crippen molar-refractivity contribution in [3.63, 3.8) is 0 Å². The lowest BCUT2D eigenvalue weighted by Gasteiger charge is -2.36. The minimum absolute atomic E-state index is 0.124. The molecule has 0 aromatic carbocycles. The molecular weight excluding hydrogens is 226 g/mol. The molecule has 4 nitrogen and oxygen atoms in total. The molecule has 1 aromatic rings. The van der Waals surface area contributed by atoms with Gasteiger partial charge in [0.25, 0.3) is 0 Å². The van der Waals surface area contributed by atoms with E-state index in [0.717, 1.165) is 31.8 Å². The molecule has 104 valence electrons. The molecule has 0 bridgehead atoms. The Morgan fingerprint density at radius 3 is 2.67 bits per heavy atom. The maximum absolute atomic E-state index is 5.74. The van der Waals surface area contributed by atoms with Gasteiger partial charge < -0.3 is 14.6 Å². The fourth-order valence-electron chi connectivity index (χ4n) is 2.26. The fourth-order valence-corrected chi connectivity index (χ4v) is 2.26. The normalized spacial score (nSPS) is 16.5. The van der Waals surface area contributed by atoms with Crippen molar-refractivity contribution in [2.24, 2.45) is 0 Å². The van der Waals surface area contributed by atoms with Gasteiger partial charge in [-0.25, -0.2) is 4.98 Å². The van der Waals surface area contributed by atoms with Crippen LogP contribution >= 0.6 is 0 Å². The van der Waals surface area contributed by atoms with Crippen LogP contribution < -0.4 is 5.32 Å². The predicted octanol–water partition coefficient (Wildman–Crippen LogP) is 2.76. The molecule has 1 rings (SSSR count). The van der Waals surface area contributed by atoms with E-state index in [1.807, 2.05) is 6.20 Å². The topological polar surface area (TPSA) is 39.1 Å². The van der Waals surface area contributed by atoms with Crippen molar-refractivity contribution in [2.45, 2.75) is 58.7 Å². The largest absolute Gasteiger partial charge is 0.376 e. The molecule has 0 fully saturated rings. The number of aromatic nitrogens is 2. The van der Waals surface area contributed by atoms with Gasteiger partial charge in [0, 0.05) is 26.0 Å². The number of hydrogen-bond donors (Lipinski definition) is 1. The zero-order valence-corrected chi connectivity index (χ0v) is 12.4. The van der Waals surface area contributed by atoms with Crippen LogP contribution in [-0.4, -0.2) is 28.8 Å². The van der Waals surface area contributed by atoms with Gasteiger partial charge in [0.15, 0.2) is 0 Å². The zero-order chi connectivity index (χ0) is 13.6. The van der Waals surface area contributed by atoms with Crippen molar-refractivity contribution in [1.82, 2.24) is 14.9 Å². The molecule has 0 radical (unpaired) electrons. The van der Waals surface area contributed by atoms with Crippen molar-refractivity contribution in [2.75, 3.05) is 13.7 Å². The van der Waals surface area contributed by atoms with E-state index in [1.54, 1.807) is 7.11 Å². The number of rotatable bonds is 8. The highest BCUT2D eigenvalue weighted by molar-refractivity contribution is 5.07. The van der Waals surface area contributed by atoms with Crippen LogP contribution in [0.25, 0.3) is 0 Å². The maximum atomic E-state index is 5.74. The van der Waals surface area contributed by atoms with Crippen LogP contribution in [0, 0.1) is 0 Å². The molecule has 0 saturated heterocycles. The van der Waals surface area contributed by atoms with E-state index in [9.17, 15) is 0 Å². The zero-order valence-electron chi connectivity index (χ0n) is 12.4. The average Bonchev–Trinajstić information content (AvgIpc) is 2.83. The Kier molecular flexibility index (Phi) is 5.82. The molecule has 1 aromatic heterocycles. The van der Waals surface area contributed by atoms with Crippen molar-refractivity contribution in [3.05, 3.63) is 18.2 Å². The van der Waals surface area contributed by atoms with E-state index in [-0.39, 0.29) is 11.6 Å². The summed E-state index contributed by atoms with van der Waals surface area (Å²) < 4.78 is 7.97. The Labute approximate surface area is 111 Å². The second-order valence-corrected chi connectivity index (χ2v) is 4.84. The third-order valence-corrected chi connectivity index (χ3v) is 3.66. The third-order valence-electron chi connectivity index (χ3n) is 3.66. The lowest BCUT2D eigenvalue weighted by Crippen LogP contribution is -2.44. The molecule has 18 heavy (non-hydrogen) atoms. The molecule has 0 aliphatic carbocycles. The number of nitrogens with zero attached hydrogens (tertiary/aromatic N) is 2. The van der Waals surface area contributed by atoms with Gasteiger partial charge >= 0.3 is 0 Å². The van der Waals surface area contributed by atoms with Crippen LogP contribution in [0.1, 0.15) is 52.4 Å². The highest BCUT2D eigenvalue weighted by atomic mass is 16.5. The van der Waals surface area contributed by atoms with E-state index in [2.05, 4.69) is 48.8 Å². The number of nitrogens with one attached hydrogen (secondary N) is 1. The number of hydrogen-bond acceptors (Lipinski definition) is 3. The number of imidazole rings is 1. The summed E-state index contributed by atoms with van der Waals surface area (Å²) in [5, 5.41) is 3.52. The first-order valence-corrected chi connectivity index (χ1v) is 6.92. The first-order chi connectivity index (χ1) is 8.62. The van der Waals surface area contributed by atoms with Gasteiger partial charge in [0.2, 0.25) is 0 Å². The average molecular weight is 253 g/mol. The molecule has 2 atom stereocenters. The number of ether oxygens (including phenoxy) is 1. The Morgan fingerprint density at radius 1 is 1.44 bits per heavy atom. The summed E-state index contributed by atoms with van der Waals surface area (Å²) in [5.74, 6) is 1.07. The molecule has 0 amide bonds. The van der Waals surface area contributed by atoms with E-state index in [1.165, 1.54) is 0 Å². The number of aryl methyl sites for hydroxylation is 1. The summed E-state index contributed by atoms with van der Waals surface area (Å²) in [4.78, 5) is 4.54. The molecule has 0 saturated carbocycles. The van der Waals surface area contributed by atoms with E-state index >= 15 is 0 Å². The Morgan fingerprint density at radius 2 is 2.17 bits per heavy atom. The standard InChI is InChI=1S/C14H27N3O/c1-6-10-17-11-9-16-13(17)12(15-8-3)14(4,7-2)18-5/h9,11-12,15H,6-8,10H2,1-5H3. The molecule has 4 heteroatoms. The van der Waals surface area contributed by atoms with Gasteiger partial charge in [-0.3, -0.25) is 0 Å². The van der Waals surface area contributed by atoms with Crippen LogP contribution in [0.4, 0.5) is 0 Å². The van der Waals surface area contributed by atoms with Gasteiger partial charge in [-0.1, -0.05) is 20.8 Å². The van der Waals surface area contributed by atoms with Gasteiger partial charge in [-0.15, -0.1) is 0 Å². The fraction of sp³-hybridized carbons (Fsp3) is 0.786. The Balaban J connectivity index is 3.06. The minimum Gasteiger partial charge on any atom is -0.376 e. The summed E-state index contributed by atoms with van der Waals surface area (Å²) in [7, 11) is 1.78. The lowest BCUT2D eigenvalue weighted by molar-refractivity contribution is -0.0327. The molecule has 0 aliphatic rings. The molecular formula is C14H27N3O. The number of likely N-dealkylation sites (N-methyl/N-ethyl adjacent to an activating group) is 1. The predicted molar refractivity (Wildman–Crippen MR) is 74.6 cm³/mol. The molecule has 2 unspecified atom stereocenters. The van der Waals surface area contributed by atoms with Gasteiger partial charge in [0.1, 0.15) is 5.82 Å². The quantitative estimate of drug-likeness (QED) is 0.774. The Hall–Kier alpha value is -0.870. The first kappa shape index (κ1) is 15.2. The SMILES string of the molecule is CCCn1ccnc1C(NCC)C(C)(CC)OC. The minimum atomic E-state index is -0.229. The van der Waals surface area contributed by atoms with E-state index < -0.39 is 0 Å². The van der Waals surface area contributed by atoms with Gasteiger partial charge in [-0.05, 0) is 26.3 Å². The van der Waals surface area contributed by atoms with Crippen LogP contribution in [-0.2, 0) is 11.3 Å². The van der Waals surface area contributed by atoms with Gasteiger partial charge in [0.05, 0.1) is 11.6 Å². The van der Waals surface area contributed by atoms with E-state index in [4.69, 9.17) is 4.74 Å². The summed E-state index contributed by atoms with van der Waals surface area (Å²) >= 11 is 0. The molecule has 0 spiro atoms. The van der Waals surface area contributed by atoms with Crippen LogP contribution in [0.15, 0.2) is 12.4 Å². The molecule has 1 N–H and O–H groups in total. The van der Waals surface area contributed by atoms with Crippen LogP contribution in [0.3, 0.4) is 0 Å². The highest BCUT2D eigenvalue weighted by Crippen LogP contribution is 2.30. The van der Waals surface area contributed by atoms with Crippen LogP contribution in [0.5, 0.6) is 0 Å². The summed E-state index contributed by atoms with van der Waals surface area (Å²) in [6, 6.07) is 0.124. The van der Waals surface area contributed by atoms with Crippen molar-refractivity contribution < 1.29 is 4.74 Å². The monoisotopic (exact) mass is 253 g/mol. The molecule has 0 aliphatic heterocycles. The summed E-state index contributed by atoms with van der Waals surface area (Å²) in [6.07, 6.45) is 5.98. The summed E-state index contributed by atoms with van der Waals surface area (Å²) in [6.45, 7) is 10.5. The second kappa shape index (κ2) is 6.90. The second-order valence-electron chi connectivity index (χ2n) is 4.84. The molecule has 1 heterocycles. The highest BCUT2D eigenvalue weighted by Gasteiger charge is 2.35. The van der Waals surface area contributed by atoms with Crippen LogP contribution in [0.2, 0.25) is 0 Å². The van der Waals surface area contributed by atoms with Crippen molar-refractivity contribution in [3.8, 4) is 0 Å². The van der Waals surface area contributed by atoms with E-state index in [0.29, 0.717) is 0 Å². The third kappa shape index (κ3) is 3.12. The first-order valence-electron chi connectivity index (χ1n) is 6.92. The van der Waals surface area contributed by atoms with Crippen molar-refractivity contribution >= 4 is 0 Å². The lowest BCUT2D eigenvalue weighted by atomic mass is 9.92.